The van der Waals surface area contributed by atoms with Gasteiger partial charge in [0.15, 0.2) is 0 Å². The number of rotatable bonds is 6. The highest BCUT2D eigenvalue weighted by Gasteiger charge is 2.27. The number of nitrogens with zero attached hydrogens (tertiary/aromatic N) is 2. The lowest BCUT2D eigenvalue weighted by atomic mass is 10.1. The van der Waals surface area contributed by atoms with Crippen molar-refractivity contribution in [2.24, 2.45) is 0 Å². The van der Waals surface area contributed by atoms with Gasteiger partial charge in [-0.05, 0) is 73.0 Å². The van der Waals surface area contributed by atoms with Gasteiger partial charge in [0.1, 0.15) is 5.82 Å². The standard InChI is InChI=1S/C24H24FN3O3S/c1-18-5-2-8-23(15-18)32(30,31)26-21-9-11-22(12-10-21)28-14-4-13-27(24(28)29)17-19-6-3-7-20(25)16-19/h2-3,5-12,15-16,26H,4,13-14,17H2,1H3. The van der Waals surface area contributed by atoms with E-state index in [1.54, 1.807) is 64.4 Å². The zero-order valence-corrected chi connectivity index (χ0v) is 18.5. The Morgan fingerprint density at radius 3 is 2.44 bits per heavy atom. The van der Waals surface area contributed by atoms with Gasteiger partial charge in [-0.3, -0.25) is 9.62 Å². The highest BCUT2D eigenvalue weighted by atomic mass is 32.2. The lowest BCUT2D eigenvalue weighted by Gasteiger charge is -2.35. The lowest BCUT2D eigenvalue weighted by molar-refractivity contribution is 0.192. The maximum absolute atomic E-state index is 13.5. The van der Waals surface area contributed by atoms with E-state index in [9.17, 15) is 17.6 Å². The number of sulfonamides is 1. The molecule has 1 N–H and O–H groups in total. The Labute approximate surface area is 187 Å². The summed E-state index contributed by atoms with van der Waals surface area (Å²) in [4.78, 5) is 16.5. The SMILES string of the molecule is Cc1cccc(S(=O)(=O)Nc2ccc(N3CCCN(Cc4cccc(F)c4)C3=O)cc2)c1. The summed E-state index contributed by atoms with van der Waals surface area (Å²) in [5.74, 6) is -0.326. The topological polar surface area (TPSA) is 69.7 Å². The summed E-state index contributed by atoms with van der Waals surface area (Å²) in [5.41, 5.74) is 2.68. The zero-order chi connectivity index (χ0) is 22.7. The third kappa shape index (κ3) is 4.91. The molecule has 1 aliphatic heterocycles. The molecule has 0 unspecified atom stereocenters. The molecule has 1 fully saturated rings. The summed E-state index contributed by atoms with van der Waals surface area (Å²) < 4.78 is 41.3. The smallest absolute Gasteiger partial charge is 0.320 e. The van der Waals surface area contributed by atoms with Gasteiger partial charge in [0.2, 0.25) is 0 Å². The Bertz CT molecular complexity index is 1230. The van der Waals surface area contributed by atoms with Crippen LogP contribution in [0.2, 0.25) is 0 Å². The van der Waals surface area contributed by atoms with Gasteiger partial charge in [-0.1, -0.05) is 24.3 Å². The molecule has 0 radical (unpaired) electrons. The highest BCUT2D eigenvalue weighted by molar-refractivity contribution is 7.92. The van der Waals surface area contributed by atoms with E-state index < -0.39 is 10.0 Å². The van der Waals surface area contributed by atoms with Gasteiger partial charge in [-0.15, -0.1) is 0 Å². The van der Waals surface area contributed by atoms with Crippen LogP contribution < -0.4 is 9.62 Å². The highest BCUT2D eigenvalue weighted by Crippen LogP contribution is 2.25. The van der Waals surface area contributed by atoms with Crippen LogP contribution in [0.3, 0.4) is 0 Å². The van der Waals surface area contributed by atoms with Crippen molar-refractivity contribution in [3.63, 3.8) is 0 Å². The van der Waals surface area contributed by atoms with Crippen molar-refractivity contribution in [3.8, 4) is 0 Å². The summed E-state index contributed by atoms with van der Waals surface area (Å²) >= 11 is 0. The van der Waals surface area contributed by atoms with E-state index in [2.05, 4.69) is 4.72 Å². The third-order valence-electron chi connectivity index (χ3n) is 5.30. The maximum Gasteiger partial charge on any atom is 0.324 e. The van der Waals surface area contributed by atoms with Crippen molar-refractivity contribution < 1.29 is 17.6 Å². The van der Waals surface area contributed by atoms with Crippen LogP contribution in [0.5, 0.6) is 0 Å². The molecule has 3 aromatic rings. The van der Waals surface area contributed by atoms with Crippen LogP contribution >= 0.6 is 0 Å². The number of halogens is 1. The number of nitrogens with one attached hydrogen (secondary N) is 1. The Kier molecular flexibility index (Phi) is 6.14. The van der Waals surface area contributed by atoms with Crippen LogP contribution in [0.15, 0.2) is 77.7 Å². The van der Waals surface area contributed by atoms with Gasteiger partial charge >= 0.3 is 6.03 Å². The van der Waals surface area contributed by atoms with Gasteiger partial charge in [0, 0.05) is 31.0 Å². The lowest BCUT2D eigenvalue weighted by Crippen LogP contribution is -2.49. The molecule has 3 aromatic carbocycles. The van der Waals surface area contributed by atoms with Crippen LogP contribution in [-0.4, -0.2) is 32.4 Å². The van der Waals surface area contributed by atoms with Crippen molar-refractivity contribution in [1.82, 2.24) is 4.90 Å². The number of carbonyl (C=O) groups is 1. The molecule has 1 heterocycles. The molecule has 8 heteroatoms. The second-order valence-electron chi connectivity index (χ2n) is 7.81. The van der Waals surface area contributed by atoms with Gasteiger partial charge < -0.3 is 4.90 Å². The molecule has 0 aromatic heterocycles. The Morgan fingerprint density at radius 2 is 1.72 bits per heavy atom. The normalized spacial score (nSPS) is 14.5. The zero-order valence-electron chi connectivity index (χ0n) is 17.7. The number of urea groups is 1. The molecular formula is C24H24FN3O3S. The number of aryl methyl sites for hydroxylation is 1. The van der Waals surface area contributed by atoms with Crippen LogP contribution in [0, 0.1) is 12.7 Å². The van der Waals surface area contributed by atoms with Crippen LogP contribution in [-0.2, 0) is 16.6 Å². The number of hydrogen-bond acceptors (Lipinski definition) is 3. The van der Waals surface area contributed by atoms with Crippen LogP contribution in [0.4, 0.5) is 20.6 Å². The fourth-order valence-electron chi connectivity index (χ4n) is 3.73. The van der Waals surface area contributed by atoms with Crippen molar-refractivity contribution in [2.45, 2.75) is 24.8 Å². The van der Waals surface area contributed by atoms with E-state index in [0.29, 0.717) is 31.0 Å². The quantitative estimate of drug-likeness (QED) is 0.585. The second kappa shape index (κ2) is 9.00. The van der Waals surface area contributed by atoms with Crippen molar-refractivity contribution >= 4 is 27.4 Å². The van der Waals surface area contributed by atoms with Gasteiger partial charge in [-0.2, -0.15) is 0 Å². The molecular weight excluding hydrogens is 429 g/mol. The van der Waals surface area contributed by atoms with E-state index in [-0.39, 0.29) is 16.7 Å². The van der Waals surface area contributed by atoms with Crippen molar-refractivity contribution in [1.29, 1.82) is 0 Å². The average Bonchev–Trinajstić information content (AvgIpc) is 2.76. The molecule has 1 saturated heterocycles. The van der Waals surface area contributed by atoms with E-state index in [1.807, 2.05) is 13.0 Å². The maximum atomic E-state index is 13.5. The molecule has 1 aliphatic rings. The Morgan fingerprint density at radius 1 is 0.969 bits per heavy atom. The summed E-state index contributed by atoms with van der Waals surface area (Å²) in [6.45, 7) is 3.33. The first-order valence-corrected chi connectivity index (χ1v) is 11.8. The van der Waals surface area contributed by atoms with E-state index in [1.165, 1.54) is 12.1 Å². The fraction of sp³-hybridized carbons (Fsp3) is 0.208. The molecule has 0 atom stereocenters. The van der Waals surface area contributed by atoms with E-state index >= 15 is 0 Å². The molecule has 0 saturated carbocycles. The molecule has 0 aliphatic carbocycles. The number of amides is 2. The second-order valence-corrected chi connectivity index (χ2v) is 9.49. The van der Waals surface area contributed by atoms with Gasteiger partial charge in [0.05, 0.1) is 4.90 Å². The van der Waals surface area contributed by atoms with E-state index in [0.717, 1.165) is 17.5 Å². The first-order chi connectivity index (χ1) is 15.3. The molecule has 166 valence electrons. The van der Waals surface area contributed by atoms with Crippen LogP contribution in [0.25, 0.3) is 0 Å². The van der Waals surface area contributed by atoms with Crippen molar-refractivity contribution in [3.05, 3.63) is 89.7 Å². The summed E-state index contributed by atoms with van der Waals surface area (Å²) in [6.07, 6.45) is 0.781. The predicted molar refractivity (Wildman–Crippen MR) is 123 cm³/mol. The molecule has 4 rings (SSSR count). The monoisotopic (exact) mass is 453 g/mol. The van der Waals surface area contributed by atoms with Gasteiger partial charge in [-0.25, -0.2) is 17.6 Å². The number of carbonyl (C=O) groups excluding carboxylic acids is 1. The largest absolute Gasteiger partial charge is 0.324 e. The van der Waals surface area contributed by atoms with Crippen LogP contribution in [0.1, 0.15) is 17.5 Å². The number of anilines is 2. The van der Waals surface area contributed by atoms with Crippen molar-refractivity contribution in [2.75, 3.05) is 22.7 Å². The first-order valence-electron chi connectivity index (χ1n) is 10.3. The predicted octanol–water partition coefficient (Wildman–Crippen LogP) is 4.77. The van der Waals surface area contributed by atoms with Gasteiger partial charge in [0.25, 0.3) is 10.0 Å². The number of benzene rings is 3. The Balaban J connectivity index is 1.46. The Hall–Kier alpha value is -3.39. The minimum absolute atomic E-state index is 0.159. The molecule has 2 amide bonds. The molecule has 0 bridgehead atoms. The molecule has 0 spiro atoms. The molecule has 32 heavy (non-hydrogen) atoms. The molecule has 6 nitrogen and oxygen atoms in total. The summed E-state index contributed by atoms with van der Waals surface area (Å²) in [7, 11) is -3.70. The average molecular weight is 454 g/mol. The van der Waals surface area contributed by atoms with E-state index in [4.69, 9.17) is 0 Å². The summed E-state index contributed by atoms with van der Waals surface area (Å²) in [5, 5.41) is 0. The summed E-state index contributed by atoms with van der Waals surface area (Å²) in [6, 6.07) is 19.5. The minimum Gasteiger partial charge on any atom is -0.320 e. The third-order valence-corrected chi connectivity index (χ3v) is 6.68. The first kappa shape index (κ1) is 21.8. The minimum atomic E-state index is -3.70. The fourth-order valence-corrected chi connectivity index (χ4v) is 4.89. The number of hydrogen-bond donors (Lipinski definition) is 1.